The van der Waals surface area contributed by atoms with Crippen molar-refractivity contribution in [2.45, 2.75) is 12.7 Å². The molecule has 0 atom stereocenters. The summed E-state index contributed by atoms with van der Waals surface area (Å²) >= 11 is 0. The fraction of sp³-hybridized carbons (Fsp3) is 0.136. The third kappa shape index (κ3) is 4.00. The van der Waals surface area contributed by atoms with E-state index in [1.807, 2.05) is 0 Å². The smallest absolute Gasteiger partial charge is 0.416 e. The van der Waals surface area contributed by atoms with Gasteiger partial charge in [0.25, 0.3) is 0 Å². The zero-order chi connectivity index (χ0) is 23.0. The summed E-state index contributed by atoms with van der Waals surface area (Å²) < 4.78 is 46.0. The number of aromatic nitrogens is 6. The number of methoxy groups -OCH3 is 1. The third-order valence-electron chi connectivity index (χ3n) is 5.04. The lowest BCUT2D eigenvalue weighted by Gasteiger charge is -2.10. The molecule has 1 aromatic carbocycles. The largest absolute Gasteiger partial charge is 0.495 e. The SMILES string of the molecule is COc1cnc2c(NCc3nnc4ccc(-c5cccc(C(F)(F)F)c5)nn34)ccnc2c1. The first-order valence-corrected chi connectivity index (χ1v) is 9.84. The van der Waals surface area contributed by atoms with Gasteiger partial charge in [-0.25, -0.2) is 4.98 Å². The van der Waals surface area contributed by atoms with E-state index in [-0.39, 0.29) is 6.54 Å². The van der Waals surface area contributed by atoms with Crippen LogP contribution in [0.1, 0.15) is 11.4 Å². The minimum absolute atomic E-state index is 0.257. The molecule has 5 aromatic rings. The van der Waals surface area contributed by atoms with Crippen molar-refractivity contribution in [1.29, 1.82) is 0 Å². The zero-order valence-corrected chi connectivity index (χ0v) is 17.2. The summed E-state index contributed by atoms with van der Waals surface area (Å²) in [6.07, 6.45) is -1.18. The average Bonchev–Trinajstić information content (AvgIpc) is 3.24. The van der Waals surface area contributed by atoms with Gasteiger partial charge in [-0.15, -0.1) is 10.2 Å². The first kappa shape index (κ1) is 20.6. The predicted molar refractivity (Wildman–Crippen MR) is 115 cm³/mol. The molecule has 4 heterocycles. The Morgan fingerprint density at radius 2 is 1.91 bits per heavy atom. The molecule has 1 N–H and O–H groups in total. The highest BCUT2D eigenvalue weighted by molar-refractivity contribution is 5.87. The van der Waals surface area contributed by atoms with Gasteiger partial charge in [-0.1, -0.05) is 12.1 Å². The van der Waals surface area contributed by atoms with Gasteiger partial charge in [0.15, 0.2) is 11.5 Å². The molecule has 0 aliphatic heterocycles. The van der Waals surface area contributed by atoms with E-state index in [1.165, 1.54) is 10.6 Å². The molecule has 0 bridgehead atoms. The molecule has 4 aromatic heterocycles. The van der Waals surface area contributed by atoms with Crippen molar-refractivity contribution in [2.75, 3.05) is 12.4 Å². The number of alkyl halides is 3. The van der Waals surface area contributed by atoms with Gasteiger partial charge in [-0.3, -0.25) is 4.98 Å². The first-order valence-electron chi connectivity index (χ1n) is 9.84. The fourth-order valence-corrected chi connectivity index (χ4v) is 3.39. The number of rotatable bonds is 5. The van der Waals surface area contributed by atoms with Gasteiger partial charge in [0.1, 0.15) is 11.3 Å². The Bertz CT molecular complexity index is 1470. The van der Waals surface area contributed by atoms with Crippen LogP contribution in [0.15, 0.2) is 60.9 Å². The molecule has 5 rings (SSSR count). The molecular weight excluding hydrogens is 435 g/mol. The Labute approximate surface area is 185 Å². The zero-order valence-electron chi connectivity index (χ0n) is 17.2. The topological polar surface area (TPSA) is 90.1 Å². The number of ether oxygens (including phenoxy) is 1. The summed E-state index contributed by atoms with van der Waals surface area (Å²) in [5, 5.41) is 16.0. The number of hydrogen-bond acceptors (Lipinski definition) is 7. The molecule has 0 amide bonds. The van der Waals surface area contributed by atoms with Crippen LogP contribution in [0.2, 0.25) is 0 Å². The number of anilines is 1. The Balaban J connectivity index is 1.45. The maximum atomic E-state index is 13.1. The monoisotopic (exact) mass is 451 g/mol. The lowest BCUT2D eigenvalue weighted by Crippen LogP contribution is -2.08. The van der Waals surface area contributed by atoms with Crippen LogP contribution >= 0.6 is 0 Å². The van der Waals surface area contributed by atoms with Crippen molar-refractivity contribution < 1.29 is 17.9 Å². The second kappa shape index (κ2) is 8.01. The van der Waals surface area contributed by atoms with Crippen molar-refractivity contribution >= 4 is 22.4 Å². The van der Waals surface area contributed by atoms with Gasteiger partial charge in [0.2, 0.25) is 0 Å². The van der Waals surface area contributed by atoms with Gasteiger partial charge in [-0.2, -0.15) is 22.8 Å². The van der Waals surface area contributed by atoms with Crippen LogP contribution in [0.4, 0.5) is 18.9 Å². The summed E-state index contributed by atoms with van der Waals surface area (Å²) in [7, 11) is 1.56. The van der Waals surface area contributed by atoms with E-state index in [1.54, 1.807) is 49.8 Å². The molecule has 0 spiro atoms. The predicted octanol–water partition coefficient (Wildman–Crippen LogP) is 4.37. The van der Waals surface area contributed by atoms with Crippen LogP contribution in [0.25, 0.3) is 27.9 Å². The van der Waals surface area contributed by atoms with Crippen molar-refractivity contribution in [1.82, 2.24) is 29.8 Å². The maximum Gasteiger partial charge on any atom is 0.416 e. The maximum absolute atomic E-state index is 13.1. The van der Waals surface area contributed by atoms with Crippen LogP contribution in [-0.4, -0.2) is 36.9 Å². The number of nitrogens with zero attached hydrogens (tertiary/aromatic N) is 6. The normalized spacial score (nSPS) is 11.8. The Morgan fingerprint density at radius 1 is 1.03 bits per heavy atom. The quantitative estimate of drug-likeness (QED) is 0.424. The fourth-order valence-electron chi connectivity index (χ4n) is 3.39. The van der Waals surface area contributed by atoms with Crippen molar-refractivity contribution in [3.8, 4) is 17.0 Å². The highest BCUT2D eigenvalue weighted by atomic mass is 19.4. The van der Waals surface area contributed by atoms with E-state index in [0.717, 1.165) is 17.8 Å². The summed E-state index contributed by atoms with van der Waals surface area (Å²) in [5.41, 5.74) is 2.51. The number of pyridine rings is 2. The summed E-state index contributed by atoms with van der Waals surface area (Å²) in [6.45, 7) is 0.257. The minimum atomic E-state index is -4.43. The Kier molecular flexibility index (Phi) is 5.00. The highest BCUT2D eigenvalue weighted by Gasteiger charge is 2.30. The van der Waals surface area contributed by atoms with Gasteiger partial charge in [0, 0.05) is 17.8 Å². The highest BCUT2D eigenvalue weighted by Crippen LogP contribution is 2.31. The molecule has 166 valence electrons. The number of hydrogen-bond donors (Lipinski definition) is 1. The van der Waals surface area contributed by atoms with Gasteiger partial charge >= 0.3 is 6.18 Å². The average molecular weight is 451 g/mol. The number of benzene rings is 1. The standard InChI is InChI=1S/C22H16F3N7O/c1-33-15-10-18-21(28-11-15)17(7-8-26-18)27-12-20-30-29-19-6-5-16(31-32(19)20)13-3-2-4-14(9-13)22(23,24)25/h2-11H,12H2,1H3,(H,26,27). The first-order chi connectivity index (χ1) is 15.9. The van der Waals surface area contributed by atoms with Crippen molar-refractivity contribution in [2.24, 2.45) is 0 Å². The van der Waals surface area contributed by atoms with Crippen molar-refractivity contribution in [3.05, 3.63) is 72.3 Å². The van der Waals surface area contributed by atoms with E-state index < -0.39 is 11.7 Å². The Morgan fingerprint density at radius 3 is 2.73 bits per heavy atom. The second-order valence-electron chi connectivity index (χ2n) is 7.14. The number of fused-ring (bicyclic) bond motifs is 2. The van der Waals surface area contributed by atoms with E-state index in [0.29, 0.717) is 39.5 Å². The Hall–Kier alpha value is -4.28. The van der Waals surface area contributed by atoms with E-state index in [2.05, 4.69) is 30.6 Å². The van der Waals surface area contributed by atoms with Crippen LogP contribution in [0, 0.1) is 0 Å². The lowest BCUT2D eigenvalue weighted by atomic mass is 10.1. The van der Waals surface area contributed by atoms with Crippen LogP contribution in [-0.2, 0) is 12.7 Å². The molecule has 0 saturated carbocycles. The number of halogens is 3. The second-order valence-corrected chi connectivity index (χ2v) is 7.14. The third-order valence-corrected chi connectivity index (χ3v) is 5.04. The molecule has 0 radical (unpaired) electrons. The van der Waals surface area contributed by atoms with Gasteiger partial charge in [-0.05, 0) is 30.3 Å². The van der Waals surface area contributed by atoms with Crippen LogP contribution < -0.4 is 10.1 Å². The van der Waals surface area contributed by atoms with E-state index >= 15 is 0 Å². The van der Waals surface area contributed by atoms with Crippen LogP contribution in [0.5, 0.6) is 5.75 Å². The molecule has 0 saturated heterocycles. The molecule has 8 nitrogen and oxygen atoms in total. The summed E-state index contributed by atoms with van der Waals surface area (Å²) in [6, 6.07) is 11.9. The van der Waals surface area contributed by atoms with Gasteiger partial charge in [0.05, 0.1) is 42.3 Å². The number of nitrogens with one attached hydrogen (secondary N) is 1. The molecule has 33 heavy (non-hydrogen) atoms. The minimum Gasteiger partial charge on any atom is -0.495 e. The molecule has 11 heteroatoms. The van der Waals surface area contributed by atoms with Crippen molar-refractivity contribution in [3.63, 3.8) is 0 Å². The van der Waals surface area contributed by atoms with E-state index in [4.69, 9.17) is 4.74 Å². The van der Waals surface area contributed by atoms with Gasteiger partial charge < -0.3 is 10.1 Å². The molecule has 0 fully saturated rings. The summed E-state index contributed by atoms with van der Waals surface area (Å²) in [4.78, 5) is 8.70. The van der Waals surface area contributed by atoms with E-state index in [9.17, 15) is 13.2 Å². The lowest BCUT2D eigenvalue weighted by molar-refractivity contribution is -0.137. The molecule has 0 unspecified atom stereocenters. The molecular formula is C22H16F3N7O. The molecule has 0 aliphatic carbocycles. The molecule has 0 aliphatic rings. The summed E-state index contributed by atoms with van der Waals surface area (Å²) in [5.74, 6) is 1.08. The van der Waals surface area contributed by atoms with Crippen LogP contribution in [0.3, 0.4) is 0 Å².